The summed E-state index contributed by atoms with van der Waals surface area (Å²) in [6, 6.07) is 55.0. The minimum absolute atomic E-state index is 0.575. The van der Waals surface area contributed by atoms with E-state index in [0.717, 1.165) is 67.3 Å². The number of benzene rings is 6. The van der Waals surface area contributed by atoms with E-state index in [1.165, 1.54) is 0 Å². The van der Waals surface area contributed by atoms with Crippen LogP contribution in [0.2, 0.25) is 0 Å². The molecular weight excluding hydrogens is 631 g/mol. The van der Waals surface area contributed by atoms with Gasteiger partial charge in [-0.2, -0.15) is 0 Å². The number of imidazole rings is 3. The Morgan fingerprint density at radius 2 is 0.725 bits per heavy atom. The molecule has 1 aliphatic rings. The Balaban J connectivity index is 1.28. The van der Waals surface area contributed by atoms with E-state index in [2.05, 4.69) is 73.6 Å². The third-order valence-electron chi connectivity index (χ3n) is 9.17. The highest BCUT2D eigenvalue weighted by molar-refractivity contribution is 6.09. The molecule has 10 rings (SSSR count). The topological polar surface area (TPSA) is 90.2 Å². The highest BCUT2D eigenvalue weighted by atomic mass is 15.4. The van der Waals surface area contributed by atoms with E-state index in [1.807, 2.05) is 109 Å². The van der Waals surface area contributed by atoms with E-state index in [1.54, 1.807) is 0 Å². The van der Waals surface area contributed by atoms with E-state index in [4.69, 9.17) is 24.9 Å². The number of aromatic nitrogens is 6. The van der Waals surface area contributed by atoms with Crippen LogP contribution in [0.3, 0.4) is 0 Å². The van der Waals surface area contributed by atoms with Crippen LogP contribution in [0.15, 0.2) is 174 Å². The molecule has 1 N–H and O–H groups in total. The van der Waals surface area contributed by atoms with Crippen molar-refractivity contribution in [3.8, 4) is 34.2 Å². The van der Waals surface area contributed by atoms with Gasteiger partial charge >= 0.3 is 0 Å². The Kier molecular flexibility index (Phi) is 6.66. The number of fused-ring (bicyclic) bond motifs is 3. The van der Waals surface area contributed by atoms with Gasteiger partial charge in [0.2, 0.25) is 18.2 Å². The fourth-order valence-electron chi connectivity index (χ4n) is 6.87. The Hall–Kier alpha value is -7.13. The maximum Gasteiger partial charge on any atom is 0.229 e. The molecule has 4 heterocycles. The van der Waals surface area contributed by atoms with Gasteiger partial charge in [-0.3, -0.25) is 19.0 Å². The van der Waals surface area contributed by atoms with E-state index >= 15 is 0 Å². The highest BCUT2D eigenvalue weighted by Crippen LogP contribution is 2.33. The van der Waals surface area contributed by atoms with Crippen molar-refractivity contribution < 1.29 is 0 Å². The third kappa shape index (κ3) is 4.82. The maximum atomic E-state index is 5.41. The first-order valence-corrected chi connectivity index (χ1v) is 16.8. The Labute approximate surface area is 292 Å². The molecule has 6 aromatic carbocycles. The van der Waals surface area contributed by atoms with Gasteiger partial charge in [0.15, 0.2) is 0 Å². The minimum Gasteiger partial charge on any atom is -0.295 e. The van der Waals surface area contributed by atoms with Gasteiger partial charge < -0.3 is 0 Å². The molecule has 0 radical (unpaired) electrons. The average molecular weight is 660 g/mol. The van der Waals surface area contributed by atoms with Crippen molar-refractivity contribution in [2.75, 3.05) is 0 Å². The number of hydrogen-bond donors (Lipinski definition) is 1. The first-order valence-electron chi connectivity index (χ1n) is 16.8. The van der Waals surface area contributed by atoms with Gasteiger partial charge in [-0.15, -0.1) is 0 Å². The number of rotatable bonds is 4. The molecule has 0 saturated heterocycles. The summed E-state index contributed by atoms with van der Waals surface area (Å²) < 4.78 is 6.30. The normalized spacial score (nSPS) is 13.4. The van der Waals surface area contributed by atoms with Crippen LogP contribution in [0.4, 0.5) is 0 Å². The Morgan fingerprint density at radius 3 is 1.20 bits per heavy atom. The maximum absolute atomic E-state index is 5.41. The van der Waals surface area contributed by atoms with Gasteiger partial charge in [0.25, 0.3) is 0 Å². The van der Waals surface area contributed by atoms with E-state index in [0.29, 0.717) is 11.9 Å². The number of nitrogens with one attached hydrogen (secondary N) is 1. The fraction of sp³-hybridized carbons (Fsp3) is 0.0238. The van der Waals surface area contributed by atoms with Gasteiger partial charge in [0.05, 0.1) is 33.1 Å². The molecule has 1 aliphatic heterocycles. The summed E-state index contributed by atoms with van der Waals surface area (Å²) >= 11 is 0. The predicted octanol–water partition coefficient (Wildman–Crippen LogP) is 8.60. The number of nitrogens with zero attached hydrogens (tertiary/aromatic N) is 8. The summed E-state index contributed by atoms with van der Waals surface area (Å²) in [5.41, 5.74) is 8.24. The zero-order chi connectivity index (χ0) is 33.7. The molecule has 9 nitrogen and oxygen atoms in total. The van der Waals surface area contributed by atoms with E-state index in [9.17, 15) is 0 Å². The quantitative estimate of drug-likeness (QED) is 0.205. The summed E-state index contributed by atoms with van der Waals surface area (Å²) in [5, 5.41) is 3.67. The number of aliphatic imine (C=N–C) groups is 2. The van der Waals surface area contributed by atoms with Crippen molar-refractivity contribution >= 4 is 45.0 Å². The SMILES string of the molecule is c1ccc(-c2nc3ccccc3n2C2=NC(n3c(-c4ccccc4)nc4ccccc43)N=C(n3c(-c4ccccc4)nc4ccccc43)N2)cc1. The summed E-state index contributed by atoms with van der Waals surface area (Å²) in [4.78, 5) is 26.2. The molecule has 0 unspecified atom stereocenters. The molecule has 9 aromatic rings. The monoisotopic (exact) mass is 659 g/mol. The zero-order valence-electron chi connectivity index (χ0n) is 27.2. The van der Waals surface area contributed by atoms with Gasteiger partial charge in [0.1, 0.15) is 17.5 Å². The molecule has 242 valence electrons. The minimum atomic E-state index is -0.742. The first kappa shape index (κ1) is 28.8. The Morgan fingerprint density at radius 1 is 0.373 bits per heavy atom. The predicted molar refractivity (Wildman–Crippen MR) is 203 cm³/mol. The summed E-state index contributed by atoms with van der Waals surface area (Å²) in [6.07, 6.45) is -0.742. The van der Waals surface area contributed by atoms with E-state index in [-0.39, 0.29) is 0 Å². The van der Waals surface area contributed by atoms with E-state index < -0.39 is 6.29 Å². The molecule has 0 amide bonds. The van der Waals surface area contributed by atoms with Gasteiger partial charge in [-0.25, -0.2) is 24.9 Å². The molecule has 0 fully saturated rings. The largest absolute Gasteiger partial charge is 0.295 e. The van der Waals surface area contributed by atoms with Gasteiger partial charge in [-0.1, -0.05) is 127 Å². The van der Waals surface area contributed by atoms with Crippen LogP contribution in [0.5, 0.6) is 0 Å². The second kappa shape index (κ2) is 11.8. The van der Waals surface area contributed by atoms with Crippen molar-refractivity contribution in [1.82, 2.24) is 34.0 Å². The lowest BCUT2D eigenvalue weighted by molar-refractivity contribution is 0.553. The zero-order valence-corrected chi connectivity index (χ0v) is 27.2. The van der Waals surface area contributed by atoms with Crippen LogP contribution in [-0.4, -0.2) is 40.6 Å². The van der Waals surface area contributed by atoms with Crippen LogP contribution < -0.4 is 5.32 Å². The molecule has 3 aromatic heterocycles. The van der Waals surface area contributed by atoms with Crippen molar-refractivity contribution in [3.63, 3.8) is 0 Å². The molecule has 0 atom stereocenters. The van der Waals surface area contributed by atoms with Crippen molar-refractivity contribution in [2.45, 2.75) is 6.29 Å². The number of hydrogen-bond acceptors (Lipinski definition) is 6. The molecule has 51 heavy (non-hydrogen) atoms. The Bertz CT molecular complexity index is 2640. The first-order chi connectivity index (χ1) is 25.3. The molecule has 0 saturated carbocycles. The summed E-state index contributed by atoms with van der Waals surface area (Å²) in [6.45, 7) is 0. The average Bonchev–Trinajstić information content (AvgIpc) is 3.91. The van der Waals surface area contributed by atoms with Crippen LogP contribution >= 0.6 is 0 Å². The molecule has 0 bridgehead atoms. The standard InChI is InChI=1S/C42H29N9/c1-4-16-28(17-5-1)37-43-31-22-10-13-25-34(31)49(37)40-46-41(50-35-26-14-11-23-32(35)44-38(50)29-18-6-2-7-19-29)48-42(47-40)51-36-27-15-12-24-33(36)45-39(51)30-20-8-3-9-21-30/h1-27,40H,(H,46,47,48). The second-order valence-corrected chi connectivity index (χ2v) is 12.3. The molecule has 0 spiro atoms. The lowest BCUT2D eigenvalue weighted by atomic mass is 10.2. The van der Waals surface area contributed by atoms with Gasteiger partial charge in [0, 0.05) is 16.7 Å². The van der Waals surface area contributed by atoms with Crippen molar-refractivity contribution in [3.05, 3.63) is 164 Å². The van der Waals surface area contributed by atoms with Crippen LogP contribution in [0.1, 0.15) is 6.29 Å². The molecule has 0 aliphatic carbocycles. The lowest BCUT2D eigenvalue weighted by Crippen LogP contribution is -2.43. The van der Waals surface area contributed by atoms with Crippen molar-refractivity contribution in [2.24, 2.45) is 9.98 Å². The third-order valence-corrected chi connectivity index (χ3v) is 9.17. The van der Waals surface area contributed by atoms with Crippen LogP contribution in [0, 0.1) is 0 Å². The van der Waals surface area contributed by atoms with Gasteiger partial charge in [-0.05, 0) is 36.4 Å². The highest BCUT2D eigenvalue weighted by Gasteiger charge is 2.29. The fourth-order valence-corrected chi connectivity index (χ4v) is 6.87. The number of para-hydroxylation sites is 6. The summed E-state index contributed by atoms with van der Waals surface area (Å²) in [7, 11) is 0. The molecular formula is C42H29N9. The second-order valence-electron chi connectivity index (χ2n) is 12.3. The van der Waals surface area contributed by atoms with Crippen LogP contribution in [-0.2, 0) is 0 Å². The molecule has 9 heteroatoms. The summed E-state index contributed by atoms with van der Waals surface area (Å²) in [5.74, 6) is 3.45. The smallest absolute Gasteiger partial charge is 0.229 e. The van der Waals surface area contributed by atoms with Crippen LogP contribution in [0.25, 0.3) is 67.3 Å². The lowest BCUT2D eigenvalue weighted by Gasteiger charge is -2.26. The van der Waals surface area contributed by atoms with Crippen molar-refractivity contribution in [1.29, 1.82) is 0 Å².